The van der Waals surface area contributed by atoms with E-state index in [4.69, 9.17) is 19.9 Å². The molecule has 2 saturated heterocycles. The van der Waals surface area contributed by atoms with Crippen molar-refractivity contribution in [2.75, 3.05) is 29.5 Å². The number of likely N-dealkylation sites (tertiary alicyclic amines) is 1. The summed E-state index contributed by atoms with van der Waals surface area (Å²) in [5, 5.41) is 15.4. The van der Waals surface area contributed by atoms with E-state index in [2.05, 4.69) is 15.5 Å². The van der Waals surface area contributed by atoms with Crippen LogP contribution in [0.2, 0.25) is 0 Å². The number of ether oxygens (including phenoxy) is 3. The number of nitrogens with one attached hydrogen (secondary N) is 2. The Bertz CT molecular complexity index is 1640. The first-order valence-electron chi connectivity index (χ1n) is 18.5. The molecule has 4 unspecified atom stereocenters. The summed E-state index contributed by atoms with van der Waals surface area (Å²) in [4.78, 5) is 40.4. The molecule has 2 amide bonds. The second-order valence-electron chi connectivity index (χ2n) is 14.8. The molecule has 11 nitrogen and oxygen atoms in total. The minimum atomic E-state index is -0.698. The largest absolute Gasteiger partial charge is 0.459 e. The molecule has 11 heteroatoms. The zero-order valence-corrected chi connectivity index (χ0v) is 30.6. The Kier molecular flexibility index (Phi) is 13.8. The predicted octanol–water partition coefficient (Wildman–Crippen LogP) is 7.03. The van der Waals surface area contributed by atoms with Crippen LogP contribution >= 0.6 is 0 Å². The summed E-state index contributed by atoms with van der Waals surface area (Å²) in [5.74, 6) is -0.355. The minimum Gasteiger partial charge on any atom is -0.459 e. The fourth-order valence-electron chi connectivity index (χ4n) is 6.71. The number of hydrogen-bond donors (Lipinski definition) is 4. The fraction of sp³-hybridized carbons (Fsp3) is 0.488. The number of nitrogen functional groups attached to an aromatic ring is 1. The molecule has 0 bridgehead atoms. The van der Waals surface area contributed by atoms with Crippen LogP contribution in [0.4, 0.5) is 17.1 Å². The second kappa shape index (κ2) is 18.5. The quantitative estimate of drug-likeness (QED) is 0.0739. The third kappa shape index (κ3) is 11.6. The molecule has 5 N–H and O–H groups in total. The molecule has 2 aliphatic heterocycles. The number of nitrogens with zero attached hydrogens (tertiary/aromatic N) is 1. The first kappa shape index (κ1) is 38.9. The number of rotatable bonds is 15. The van der Waals surface area contributed by atoms with Crippen LogP contribution in [0.1, 0.15) is 108 Å². The zero-order chi connectivity index (χ0) is 37.1. The molecule has 5 rings (SSSR count). The molecule has 0 aromatic heterocycles. The Morgan fingerprint density at radius 1 is 0.885 bits per heavy atom. The van der Waals surface area contributed by atoms with Gasteiger partial charge < -0.3 is 35.7 Å². The minimum absolute atomic E-state index is 0.0378. The summed E-state index contributed by atoms with van der Waals surface area (Å²) in [6.07, 6.45) is 4.94. The van der Waals surface area contributed by atoms with Gasteiger partial charge in [-0.05, 0) is 88.4 Å². The van der Waals surface area contributed by atoms with Crippen LogP contribution in [0.5, 0.6) is 0 Å². The molecule has 280 valence electrons. The lowest BCUT2D eigenvalue weighted by atomic mass is 9.99. The number of para-hydroxylation sites is 2. The van der Waals surface area contributed by atoms with Gasteiger partial charge >= 0.3 is 5.97 Å². The van der Waals surface area contributed by atoms with Crippen molar-refractivity contribution in [1.29, 1.82) is 0 Å². The molecule has 0 radical (unpaired) electrons. The number of aliphatic hydroxyl groups excluding tert-OH is 1. The van der Waals surface area contributed by atoms with E-state index in [-0.39, 0.29) is 42.6 Å². The van der Waals surface area contributed by atoms with Crippen molar-refractivity contribution in [2.45, 2.75) is 115 Å². The fourth-order valence-corrected chi connectivity index (χ4v) is 6.71. The van der Waals surface area contributed by atoms with E-state index in [1.807, 2.05) is 81.4 Å². The van der Waals surface area contributed by atoms with Crippen LogP contribution in [0, 0.1) is 0 Å². The monoisotopic (exact) mass is 714 g/mol. The van der Waals surface area contributed by atoms with Gasteiger partial charge in [0.2, 0.25) is 11.8 Å². The highest BCUT2D eigenvalue weighted by Gasteiger charge is 2.39. The van der Waals surface area contributed by atoms with Gasteiger partial charge in [-0.2, -0.15) is 0 Å². The number of benzene rings is 3. The third-order valence-corrected chi connectivity index (χ3v) is 9.33. The highest BCUT2D eigenvalue weighted by Crippen LogP contribution is 2.39. The van der Waals surface area contributed by atoms with Crippen LogP contribution in [0.25, 0.3) is 0 Å². The Hall–Kier alpha value is -4.29. The molecule has 2 fully saturated rings. The molecule has 0 saturated carbocycles. The molecular weight excluding hydrogens is 660 g/mol. The van der Waals surface area contributed by atoms with Gasteiger partial charge in [-0.15, -0.1) is 0 Å². The van der Waals surface area contributed by atoms with E-state index in [9.17, 15) is 19.5 Å². The van der Waals surface area contributed by atoms with Crippen LogP contribution < -0.4 is 16.4 Å². The zero-order valence-electron chi connectivity index (χ0n) is 30.6. The number of carbonyl (C=O) groups excluding carboxylic acids is 3. The van der Waals surface area contributed by atoms with Gasteiger partial charge in [0, 0.05) is 37.1 Å². The maximum Gasteiger partial charge on any atom is 0.323 e. The first-order chi connectivity index (χ1) is 25.0. The molecule has 0 spiro atoms. The summed E-state index contributed by atoms with van der Waals surface area (Å²) in [6.45, 7) is 6.95. The maximum atomic E-state index is 13.1. The Balaban J connectivity index is 1.15. The highest BCUT2D eigenvalue weighted by atomic mass is 16.7. The van der Waals surface area contributed by atoms with Gasteiger partial charge in [0.05, 0.1) is 30.2 Å². The topological polar surface area (TPSA) is 152 Å². The van der Waals surface area contributed by atoms with Gasteiger partial charge in [-0.3, -0.25) is 19.3 Å². The molecular formula is C41H54N4O7. The lowest BCUT2D eigenvalue weighted by Gasteiger charge is -2.38. The predicted molar refractivity (Wildman–Crippen MR) is 201 cm³/mol. The lowest BCUT2D eigenvalue weighted by molar-refractivity contribution is -0.253. The number of amides is 2. The second-order valence-corrected chi connectivity index (χ2v) is 14.8. The highest BCUT2D eigenvalue weighted by molar-refractivity contribution is 5.93. The van der Waals surface area contributed by atoms with E-state index in [1.54, 1.807) is 12.1 Å². The van der Waals surface area contributed by atoms with Crippen molar-refractivity contribution in [3.05, 3.63) is 89.5 Å². The van der Waals surface area contributed by atoms with E-state index in [0.717, 1.165) is 55.3 Å². The maximum absolute atomic E-state index is 13.1. The standard InChI is InChI=1S/C41H54N4O7/c1-41(2,3)52-39(49)35-16-11-23-45(35)26-32-25-36(29-21-19-28(27-46)20-22-29)51-40(50-32)30-12-10-13-31(24-30)43-37(47)17-6-4-5-7-18-38(48)44-34-15-9-8-14-33(34)42/h8-10,12-15,19-22,24,32,35-36,40,46H,4-7,11,16-18,23,25-27,42H2,1-3H3,(H,43,47)(H,44,48). The third-order valence-electron chi connectivity index (χ3n) is 9.33. The van der Waals surface area contributed by atoms with Crippen molar-refractivity contribution in [3.63, 3.8) is 0 Å². The van der Waals surface area contributed by atoms with E-state index in [0.29, 0.717) is 49.3 Å². The Morgan fingerprint density at radius 2 is 1.60 bits per heavy atom. The van der Waals surface area contributed by atoms with Crippen LogP contribution in [0.3, 0.4) is 0 Å². The average Bonchev–Trinajstić information content (AvgIpc) is 3.58. The molecule has 52 heavy (non-hydrogen) atoms. The number of unbranched alkanes of at least 4 members (excludes halogenated alkanes) is 3. The summed E-state index contributed by atoms with van der Waals surface area (Å²) in [7, 11) is 0. The van der Waals surface area contributed by atoms with Crippen LogP contribution in [-0.4, -0.2) is 58.6 Å². The molecule has 2 heterocycles. The number of esters is 1. The van der Waals surface area contributed by atoms with Gasteiger partial charge in [0.25, 0.3) is 0 Å². The van der Waals surface area contributed by atoms with Crippen molar-refractivity contribution >= 4 is 34.8 Å². The van der Waals surface area contributed by atoms with Gasteiger partial charge in [-0.25, -0.2) is 0 Å². The summed E-state index contributed by atoms with van der Waals surface area (Å²) in [5.41, 5.74) is 9.74. The molecule has 0 aliphatic carbocycles. The first-order valence-corrected chi connectivity index (χ1v) is 18.5. The van der Waals surface area contributed by atoms with Crippen LogP contribution in [0.15, 0.2) is 72.8 Å². The number of nitrogens with two attached hydrogens (primary N) is 1. The molecule has 3 aromatic carbocycles. The number of hydrogen-bond acceptors (Lipinski definition) is 9. The number of anilines is 3. The number of aliphatic hydroxyl groups is 1. The van der Waals surface area contributed by atoms with E-state index in [1.165, 1.54) is 0 Å². The molecule has 4 atom stereocenters. The van der Waals surface area contributed by atoms with Crippen molar-refractivity contribution in [2.24, 2.45) is 0 Å². The summed E-state index contributed by atoms with van der Waals surface area (Å²) < 4.78 is 18.9. The SMILES string of the molecule is CC(C)(C)OC(=O)C1CCCN1CC1CC(c2ccc(CO)cc2)OC(c2cccc(NC(=O)CCCCCCC(=O)Nc3ccccc3N)c2)O1. The van der Waals surface area contributed by atoms with Gasteiger partial charge in [0.1, 0.15) is 11.6 Å². The average molecular weight is 715 g/mol. The molecule has 2 aliphatic rings. The van der Waals surface area contributed by atoms with Gasteiger partial charge in [-0.1, -0.05) is 61.4 Å². The normalized spacial score (nSPS) is 20.7. The smallest absolute Gasteiger partial charge is 0.323 e. The van der Waals surface area contributed by atoms with Crippen LogP contribution in [-0.2, 0) is 35.2 Å². The summed E-state index contributed by atoms with van der Waals surface area (Å²) in [6, 6.07) is 22.1. The Morgan fingerprint density at radius 3 is 2.29 bits per heavy atom. The van der Waals surface area contributed by atoms with Gasteiger partial charge in [0.15, 0.2) is 6.29 Å². The summed E-state index contributed by atoms with van der Waals surface area (Å²) >= 11 is 0. The van der Waals surface area contributed by atoms with E-state index >= 15 is 0 Å². The lowest BCUT2D eigenvalue weighted by Crippen LogP contribution is -2.45. The number of carbonyl (C=O) groups is 3. The van der Waals surface area contributed by atoms with E-state index < -0.39 is 11.9 Å². The Labute approximate surface area is 307 Å². The van der Waals surface area contributed by atoms with Crippen molar-refractivity contribution < 1.29 is 33.7 Å². The molecule has 3 aromatic rings. The van der Waals surface area contributed by atoms with Crippen molar-refractivity contribution in [3.8, 4) is 0 Å². The van der Waals surface area contributed by atoms with Crippen molar-refractivity contribution in [1.82, 2.24) is 4.90 Å².